The zero-order chi connectivity index (χ0) is 10.4. The Morgan fingerprint density at radius 3 is 2.43 bits per heavy atom. The quantitative estimate of drug-likeness (QED) is 0.718. The standard InChI is InChI=1S/C12H25NO/c1-4-10(5-2)13-11-8-6-7-9-12(11)14-3/h10-13H,4-9H2,1-3H3/p+1/t11-,12-/m0/s1. The Labute approximate surface area is 88.4 Å². The maximum absolute atomic E-state index is 5.56. The molecule has 14 heavy (non-hydrogen) atoms. The molecule has 84 valence electrons. The molecule has 0 aliphatic heterocycles. The lowest BCUT2D eigenvalue weighted by Gasteiger charge is -2.30. The molecule has 0 unspecified atom stereocenters. The molecule has 0 radical (unpaired) electrons. The number of quaternary nitrogens is 1. The van der Waals surface area contributed by atoms with Crippen molar-refractivity contribution in [3.8, 4) is 0 Å². The largest absolute Gasteiger partial charge is 0.375 e. The first-order chi connectivity index (χ1) is 6.81. The zero-order valence-electron chi connectivity index (χ0n) is 9.96. The highest BCUT2D eigenvalue weighted by atomic mass is 16.5. The molecule has 0 amide bonds. The second-order valence-electron chi connectivity index (χ2n) is 4.49. The summed E-state index contributed by atoms with van der Waals surface area (Å²) < 4.78 is 5.56. The summed E-state index contributed by atoms with van der Waals surface area (Å²) in [5, 5.41) is 2.56. The summed E-state index contributed by atoms with van der Waals surface area (Å²) in [6.07, 6.45) is 8.41. The number of hydrogen-bond donors (Lipinski definition) is 1. The predicted molar refractivity (Wildman–Crippen MR) is 59.3 cm³/mol. The lowest BCUT2D eigenvalue weighted by Crippen LogP contribution is -2.97. The van der Waals surface area contributed by atoms with Gasteiger partial charge in [0.25, 0.3) is 0 Å². The molecule has 2 heteroatoms. The van der Waals surface area contributed by atoms with Crippen molar-refractivity contribution >= 4 is 0 Å². The van der Waals surface area contributed by atoms with E-state index in [1.54, 1.807) is 0 Å². The number of hydrogen-bond acceptors (Lipinski definition) is 1. The molecule has 2 N–H and O–H groups in total. The van der Waals surface area contributed by atoms with Gasteiger partial charge in [-0.1, -0.05) is 20.3 Å². The molecule has 0 saturated heterocycles. The second-order valence-corrected chi connectivity index (χ2v) is 4.49. The third-order valence-corrected chi connectivity index (χ3v) is 3.62. The molecule has 0 aromatic heterocycles. The van der Waals surface area contributed by atoms with Crippen molar-refractivity contribution in [2.75, 3.05) is 7.11 Å². The zero-order valence-corrected chi connectivity index (χ0v) is 9.96. The topological polar surface area (TPSA) is 25.8 Å². The van der Waals surface area contributed by atoms with Gasteiger partial charge in [-0.2, -0.15) is 0 Å². The van der Waals surface area contributed by atoms with Gasteiger partial charge in [-0.15, -0.1) is 0 Å². The molecule has 0 heterocycles. The number of rotatable bonds is 5. The first-order valence-electron chi connectivity index (χ1n) is 6.19. The third kappa shape index (κ3) is 3.25. The minimum Gasteiger partial charge on any atom is -0.375 e. The van der Waals surface area contributed by atoms with E-state index < -0.39 is 0 Å². The fourth-order valence-electron chi connectivity index (χ4n) is 2.55. The first-order valence-corrected chi connectivity index (χ1v) is 6.19. The molecular formula is C12H26NO+. The van der Waals surface area contributed by atoms with Gasteiger partial charge in [-0.25, -0.2) is 0 Å². The van der Waals surface area contributed by atoms with Gasteiger partial charge in [0.2, 0.25) is 0 Å². The van der Waals surface area contributed by atoms with E-state index in [1.807, 2.05) is 7.11 Å². The van der Waals surface area contributed by atoms with Crippen LogP contribution >= 0.6 is 0 Å². The highest BCUT2D eigenvalue weighted by molar-refractivity contribution is 4.74. The van der Waals surface area contributed by atoms with E-state index in [2.05, 4.69) is 19.2 Å². The summed E-state index contributed by atoms with van der Waals surface area (Å²) in [6.45, 7) is 4.57. The van der Waals surface area contributed by atoms with E-state index >= 15 is 0 Å². The van der Waals surface area contributed by atoms with Gasteiger partial charge in [0.05, 0.1) is 6.04 Å². The molecule has 1 aliphatic carbocycles. The van der Waals surface area contributed by atoms with E-state index in [4.69, 9.17) is 4.74 Å². The summed E-state index contributed by atoms with van der Waals surface area (Å²) in [4.78, 5) is 0. The van der Waals surface area contributed by atoms with Crippen LogP contribution in [0.1, 0.15) is 52.4 Å². The average molecular weight is 200 g/mol. The fraction of sp³-hybridized carbons (Fsp3) is 1.00. The van der Waals surface area contributed by atoms with Crippen LogP contribution in [0.3, 0.4) is 0 Å². The summed E-state index contributed by atoms with van der Waals surface area (Å²) in [5.41, 5.74) is 0. The summed E-state index contributed by atoms with van der Waals surface area (Å²) in [5.74, 6) is 0. The molecule has 1 aliphatic rings. The molecular weight excluding hydrogens is 174 g/mol. The summed E-state index contributed by atoms with van der Waals surface area (Å²) >= 11 is 0. The Hall–Kier alpha value is -0.0800. The summed E-state index contributed by atoms with van der Waals surface area (Å²) in [6, 6.07) is 1.52. The van der Waals surface area contributed by atoms with E-state index in [0.29, 0.717) is 6.10 Å². The SMILES string of the molecule is CCC(CC)[NH2+][C@H]1CCCC[C@@H]1OC. The van der Waals surface area contributed by atoms with E-state index in [9.17, 15) is 0 Å². The molecule has 1 rings (SSSR count). The van der Waals surface area contributed by atoms with Crippen LogP contribution in [0.15, 0.2) is 0 Å². The van der Waals surface area contributed by atoms with Crippen LogP contribution in [0.25, 0.3) is 0 Å². The van der Waals surface area contributed by atoms with Crippen molar-refractivity contribution in [3.05, 3.63) is 0 Å². The third-order valence-electron chi connectivity index (χ3n) is 3.62. The molecule has 0 spiro atoms. The van der Waals surface area contributed by atoms with Crippen LogP contribution in [0.2, 0.25) is 0 Å². The average Bonchev–Trinajstić information content (AvgIpc) is 2.26. The number of ether oxygens (including phenoxy) is 1. The molecule has 0 aromatic rings. The van der Waals surface area contributed by atoms with E-state index in [-0.39, 0.29) is 0 Å². The van der Waals surface area contributed by atoms with E-state index in [1.165, 1.54) is 38.5 Å². The molecule has 1 fully saturated rings. The van der Waals surface area contributed by atoms with Gasteiger partial charge < -0.3 is 10.1 Å². The summed E-state index contributed by atoms with van der Waals surface area (Å²) in [7, 11) is 1.86. The Bertz CT molecular complexity index is 145. The van der Waals surface area contributed by atoms with Crippen molar-refractivity contribution < 1.29 is 10.1 Å². The smallest absolute Gasteiger partial charge is 0.113 e. The van der Waals surface area contributed by atoms with Gasteiger partial charge in [-0.3, -0.25) is 0 Å². The molecule has 1 saturated carbocycles. The van der Waals surface area contributed by atoms with Gasteiger partial charge in [-0.05, 0) is 25.7 Å². The van der Waals surface area contributed by atoms with Gasteiger partial charge in [0, 0.05) is 13.5 Å². The van der Waals surface area contributed by atoms with Crippen LogP contribution < -0.4 is 5.32 Å². The van der Waals surface area contributed by atoms with Crippen molar-refractivity contribution in [2.24, 2.45) is 0 Å². The lowest BCUT2D eigenvalue weighted by molar-refractivity contribution is -0.730. The van der Waals surface area contributed by atoms with Gasteiger partial charge in [0.15, 0.2) is 0 Å². The minimum absolute atomic E-state index is 0.504. The van der Waals surface area contributed by atoms with Crippen LogP contribution in [0.4, 0.5) is 0 Å². The molecule has 0 bridgehead atoms. The van der Waals surface area contributed by atoms with Crippen molar-refractivity contribution in [1.29, 1.82) is 0 Å². The van der Waals surface area contributed by atoms with Crippen LogP contribution in [0, 0.1) is 0 Å². The Kier molecular flexibility index (Phi) is 5.49. The highest BCUT2D eigenvalue weighted by Gasteiger charge is 2.29. The van der Waals surface area contributed by atoms with Crippen molar-refractivity contribution in [2.45, 2.75) is 70.6 Å². The number of methoxy groups -OCH3 is 1. The van der Waals surface area contributed by atoms with Crippen LogP contribution in [-0.4, -0.2) is 25.3 Å². The van der Waals surface area contributed by atoms with E-state index in [0.717, 1.165) is 12.1 Å². The number of nitrogens with two attached hydrogens (primary N) is 1. The normalized spacial score (nSPS) is 28.3. The van der Waals surface area contributed by atoms with Crippen LogP contribution in [-0.2, 0) is 4.74 Å². The first kappa shape index (κ1) is 12.0. The van der Waals surface area contributed by atoms with Gasteiger partial charge >= 0.3 is 0 Å². The van der Waals surface area contributed by atoms with Crippen molar-refractivity contribution in [3.63, 3.8) is 0 Å². The second kappa shape index (κ2) is 6.41. The maximum Gasteiger partial charge on any atom is 0.113 e. The highest BCUT2D eigenvalue weighted by Crippen LogP contribution is 2.18. The van der Waals surface area contributed by atoms with Crippen LogP contribution in [0.5, 0.6) is 0 Å². The molecule has 2 atom stereocenters. The Morgan fingerprint density at radius 2 is 1.86 bits per heavy atom. The monoisotopic (exact) mass is 200 g/mol. The molecule has 0 aromatic carbocycles. The van der Waals surface area contributed by atoms with Crippen molar-refractivity contribution in [1.82, 2.24) is 0 Å². The predicted octanol–water partition coefficient (Wildman–Crippen LogP) is 1.70. The Morgan fingerprint density at radius 1 is 1.21 bits per heavy atom. The minimum atomic E-state index is 0.504. The lowest BCUT2D eigenvalue weighted by atomic mass is 9.91. The maximum atomic E-state index is 5.56. The van der Waals surface area contributed by atoms with Gasteiger partial charge in [0.1, 0.15) is 12.1 Å². The Balaban J connectivity index is 2.39. The molecule has 2 nitrogen and oxygen atoms in total. The fourth-order valence-corrected chi connectivity index (χ4v) is 2.55.